The van der Waals surface area contributed by atoms with Crippen LogP contribution in [0.15, 0.2) is 23.3 Å². The lowest BCUT2D eigenvalue weighted by atomic mass is 9.96. The van der Waals surface area contributed by atoms with E-state index in [-0.39, 0.29) is 42.1 Å². The minimum atomic E-state index is -0.825. The van der Waals surface area contributed by atoms with Crippen molar-refractivity contribution in [2.75, 3.05) is 18.0 Å². The molecule has 0 N–H and O–H groups in total. The molecule has 0 amide bonds. The third kappa shape index (κ3) is 4.39. The Hall–Kier alpha value is -3.32. The number of hydrogen-bond donors (Lipinski definition) is 0. The van der Waals surface area contributed by atoms with Crippen LogP contribution in [-0.2, 0) is 13.6 Å². The lowest BCUT2D eigenvalue weighted by Gasteiger charge is -2.49. The Morgan fingerprint density at radius 2 is 1.92 bits per heavy atom. The second-order valence-corrected chi connectivity index (χ2v) is 10.3. The molecule has 0 bridgehead atoms. The van der Waals surface area contributed by atoms with Crippen molar-refractivity contribution in [2.45, 2.75) is 77.0 Å². The van der Waals surface area contributed by atoms with E-state index in [2.05, 4.69) is 28.8 Å². The van der Waals surface area contributed by atoms with E-state index in [9.17, 15) is 9.18 Å². The molecule has 0 aromatic carbocycles. The van der Waals surface area contributed by atoms with Gasteiger partial charge in [0.25, 0.3) is 5.56 Å². The van der Waals surface area contributed by atoms with Gasteiger partial charge in [0.2, 0.25) is 5.82 Å². The van der Waals surface area contributed by atoms with Gasteiger partial charge in [0.15, 0.2) is 0 Å². The zero-order chi connectivity index (χ0) is 26.4. The number of rotatable bonds is 7. The number of halogens is 2. The van der Waals surface area contributed by atoms with Crippen molar-refractivity contribution in [3.8, 4) is 6.07 Å². The van der Waals surface area contributed by atoms with E-state index in [1.807, 2.05) is 17.9 Å². The Kier molecular flexibility index (Phi) is 6.75. The van der Waals surface area contributed by atoms with Gasteiger partial charge in [-0.05, 0) is 44.2 Å². The van der Waals surface area contributed by atoms with Gasteiger partial charge in [-0.1, -0.05) is 13.8 Å². The Labute approximate surface area is 215 Å². The summed E-state index contributed by atoms with van der Waals surface area (Å²) in [5, 5.41) is 13.6. The zero-order valence-corrected chi connectivity index (χ0v) is 21.8. The van der Waals surface area contributed by atoms with Gasteiger partial charge in [0.05, 0.1) is 23.5 Å². The van der Waals surface area contributed by atoms with Crippen molar-refractivity contribution in [1.82, 2.24) is 24.2 Å². The SMILES string of the molecule is CC[C@H]1CN(C(C)c2cnc(C3CC3)c(F)c2)[C@H](CC)CN1c1c(F)c(=O)n(C)c2cn(CC#N)nc12. The molecular weight excluding hydrogens is 476 g/mol. The number of aryl methyl sites for hydroxylation is 1. The number of fused-ring (bicyclic) bond motifs is 1. The first-order valence-electron chi connectivity index (χ1n) is 13.1. The molecule has 3 aromatic rings. The average molecular weight is 510 g/mol. The van der Waals surface area contributed by atoms with Crippen LogP contribution in [0.2, 0.25) is 0 Å². The molecule has 4 heterocycles. The first-order chi connectivity index (χ1) is 17.8. The molecule has 37 heavy (non-hydrogen) atoms. The monoisotopic (exact) mass is 509 g/mol. The lowest BCUT2D eigenvalue weighted by Crippen LogP contribution is -2.59. The number of aromatic nitrogens is 4. The Morgan fingerprint density at radius 3 is 2.54 bits per heavy atom. The summed E-state index contributed by atoms with van der Waals surface area (Å²) < 4.78 is 33.1. The van der Waals surface area contributed by atoms with Gasteiger partial charge in [-0.3, -0.25) is 19.4 Å². The fourth-order valence-corrected chi connectivity index (χ4v) is 5.68. The number of nitrogens with zero attached hydrogens (tertiary/aromatic N) is 7. The number of pyridine rings is 2. The van der Waals surface area contributed by atoms with Crippen LogP contribution < -0.4 is 10.5 Å². The predicted octanol–water partition coefficient (Wildman–Crippen LogP) is 4.25. The number of hydrogen-bond acceptors (Lipinski definition) is 6. The molecule has 5 rings (SSSR count). The maximum atomic E-state index is 15.6. The Morgan fingerprint density at radius 1 is 1.19 bits per heavy atom. The first-order valence-corrected chi connectivity index (χ1v) is 13.1. The summed E-state index contributed by atoms with van der Waals surface area (Å²) in [6.07, 6.45) is 6.93. The zero-order valence-electron chi connectivity index (χ0n) is 21.8. The van der Waals surface area contributed by atoms with Crippen LogP contribution in [0.5, 0.6) is 0 Å². The molecule has 8 nitrogen and oxygen atoms in total. The van der Waals surface area contributed by atoms with E-state index < -0.39 is 11.4 Å². The van der Waals surface area contributed by atoms with Gasteiger partial charge in [-0.2, -0.15) is 14.8 Å². The summed E-state index contributed by atoms with van der Waals surface area (Å²) in [5.41, 5.74) is 1.77. The van der Waals surface area contributed by atoms with Crippen LogP contribution in [0.4, 0.5) is 14.5 Å². The smallest absolute Gasteiger partial charge is 0.289 e. The summed E-state index contributed by atoms with van der Waals surface area (Å²) >= 11 is 0. The highest BCUT2D eigenvalue weighted by molar-refractivity contribution is 5.88. The summed E-state index contributed by atoms with van der Waals surface area (Å²) in [6, 6.07) is 3.56. The quantitative estimate of drug-likeness (QED) is 0.474. The van der Waals surface area contributed by atoms with Gasteiger partial charge in [0.1, 0.15) is 23.6 Å². The fourth-order valence-electron chi connectivity index (χ4n) is 5.68. The highest BCUT2D eigenvalue weighted by atomic mass is 19.1. The summed E-state index contributed by atoms with van der Waals surface area (Å²) in [7, 11) is 1.52. The molecule has 3 aromatic heterocycles. The Balaban J connectivity index is 1.51. The largest absolute Gasteiger partial charge is 0.361 e. The topological polar surface area (TPSA) is 83.0 Å². The molecule has 1 aliphatic heterocycles. The molecule has 1 unspecified atom stereocenters. The second kappa shape index (κ2) is 9.86. The van der Waals surface area contributed by atoms with E-state index in [4.69, 9.17) is 5.26 Å². The number of nitriles is 1. The van der Waals surface area contributed by atoms with Crippen molar-refractivity contribution >= 4 is 16.7 Å². The first kappa shape index (κ1) is 25.3. The van der Waals surface area contributed by atoms with Crippen LogP contribution in [0.25, 0.3) is 11.0 Å². The molecule has 10 heteroatoms. The molecule has 0 radical (unpaired) electrons. The lowest BCUT2D eigenvalue weighted by molar-refractivity contribution is 0.100. The summed E-state index contributed by atoms with van der Waals surface area (Å²) in [5.74, 6) is -0.806. The maximum absolute atomic E-state index is 15.6. The molecule has 2 aliphatic rings. The average Bonchev–Trinajstić information content (AvgIpc) is 3.66. The van der Waals surface area contributed by atoms with Crippen LogP contribution in [-0.4, -0.2) is 49.4 Å². The van der Waals surface area contributed by atoms with E-state index >= 15 is 4.39 Å². The molecule has 196 valence electrons. The highest BCUT2D eigenvalue weighted by Crippen LogP contribution is 2.41. The van der Waals surface area contributed by atoms with Crippen LogP contribution >= 0.6 is 0 Å². The van der Waals surface area contributed by atoms with Crippen LogP contribution in [0.3, 0.4) is 0 Å². The molecule has 1 aliphatic carbocycles. The number of piperazine rings is 1. The summed E-state index contributed by atoms with van der Waals surface area (Å²) in [4.78, 5) is 21.6. The van der Waals surface area contributed by atoms with Gasteiger partial charge in [-0.15, -0.1) is 0 Å². The molecule has 1 saturated heterocycles. The standard InChI is InChI=1S/C27H33F2N7O/c1-5-19-14-36(26-23(29)27(37)33(4)22-15-34(10-9-30)32-25(22)26)20(6-2)13-35(19)16(3)18-11-21(28)24(31-12-18)17-7-8-17/h11-12,15-17,19-20H,5-8,10,13-14H2,1-4H3/t16?,19-,20+/m1/s1. The van der Waals surface area contributed by atoms with E-state index in [0.29, 0.717) is 29.8 Å². The van der Waals surface area contributed by atoms with Crippen LogP contribution in [0, 0.1) is 23.0 Å². The predicted molar refractivity (Wildman–Crippen MR) is 137 cm³/mol. The number of anilines is 1. The van der Waals surface area contributed by atoms with Crippen molar-refractivity contribution in [2.24, 2.45) is 7.05 Å². The molecule has 0 spiro atoms. The van der Waals surface area contributed by atoms with Gasteiger partial charge < -0.3 is 9.47 Å². The molecular formula is C27H33F2N7O. The molecule has 3 atom stereocenters. The van der Waals surface area contributed by atoms with E-state index in [0.717, 1.165) is 31.2 Å². The van der Waals surface area contributed by atoms with Crippen molar-refractivity contribution in [3.05, 3.63) is 51.7 Å². The summed E-state index contributed by atoms with van der Waals surface area (Å²) in [6.45, 7) is 7.33. The highest BCUT2D eigenvalue weighted by Gasteiger charge is 2.38. The maximum Gasteiger partial charge on any atom is 0.289 e. The Bertz CT molecular complexity index is 1420. The van der Waals surface area contributed by atoms with Gasteiger partial charge in [0, 0.05) is 50.4 Å². The van der Waals surface area contributed by atoms with Crippen molar-refractivity contribution in [3.63, 3.8) is 0 Å². The minimum absolute atomic E-state index is 0.00808. The third-order valence-electron chi connectivity index (χ3n) is 8.06. The van der Waals surface area contributed by atoms with E-state index in [1.54, 1.807) is 18.5 Å². The molecule has 1 saturated carbocycles. The second-order valence-electron chi connectivity index (χ2n) is 10.3. The van der Waals surface area contributed by atoms with Crippen molar-refractivity contribution < 1.29 is 8.78 Å². The minimum Gasteiger partial charge on any atom is -0.361 e. The van der Waals surface area contributed by atoms with E-state index in [1.165, 1.54) is 16.3 Å². The normalized spacial score (nSPS) is 21.4. The third-order valence-corrected chi connectivity index (χ3v) is 8.06. The molecule has 2 fully saturated rings. The fraction of sp³-hybridized carbons (Fsp3) is 0.556. The van der Waals surface area contributed by atoms with Gasteiger partial charge >= 0.3 is 0 Å². The van der Waals surface area contributed by atoms with Crippen LogP contribution in [0.1, 0.15) is 69.7 Å². The van der Waals surface area contributed by atoms with Crippen molar-refractivity contribution in [1.29, 1.82) is 5.26 Å². The van der Waals surface area contributed by atoms with Gasteiger partial charge in [-0.25, -0.2) is 4.39 Å².